The third kappa shape index (κ3) is 7.44. The molecular weight excluding hydrogens is 440 g/mol. The molecule has 1 heterocycles. The van der Waals surface area contributed by atoms with Crippen molar-refractivity contribution in [1.29, 1.82) is 0 Å². The molecule has 1 aliphatic rings. The van der Waals surface area contributed by atoms with Crippen LogP contribution in [0, 0.1) is 5.92 Å². The SMILES string of the molecule is CCC[C@H](NC(=O)[C@@H]1CCCN1C(=O)OCc1ccccc1)C(=O)N[C@H](C(=O)NO)[C@@H](C)CC. The van der Waals surface area contributed by atoms with E-state index in [0.717, 1.165) is 5.56 Å². The average Bonchev–Trinajstić information content (AvgIpc) is 3.35. The van der Waals surface area contributed by atoms with Crippen molar-refractivity contribution >= 4 is 23.8 Å². The third-order valence-corrected chi connectivity index (χ3v) is 6.11. The Morgan fingerprint density at radius 3 is 2.44 bits per heavy atom. The van der Waals surface area contributed by atoms with Crippen LogP contribution in [-0.4, -0.2) is 58.6 Å². The van der Waals surface area contributed by atoms with E-state index in [2.05, 4.69) is 10.6 Å². The van der Waals surface area contributed by atoms with Gasteiger partial charge in [-0.05, 0) is 30.7 Å². The Hall–Kier alpha value is -3.14. The summed E-state index contributed by atoms with van der Waals surface area (Å²) in [6, 6.07) is 6.72. The van der Waals surface area contributed by atoms with Crippen LogP contribution in [0.15, 0.2) is 30.3 Å². The van der Waals surface area contributed by atoms with Gasteiger partial charge in [0.1, 0.15) is 24.7 Å². The highest BCUT2D eigenvalue weighted by atomic mass is 16.6. The topological polar surface area (TPSA) is 137 Å². The molecule has 0 spiro atoms. The summed E-state index contributed by atoms with van der Waals surface area (Å²) in [6.45, 7) is 6.02. The summed E-state index contributed by atoms with van der Waals surface area (Å²) in [7, 11) is 0. The summed E-state index contributed by atoms with van der Waals surface area (Å²) in [6.07, 6.45) is 2.12. The van der Waals surface area contributed by atoms with Gasteiger partial charge >= 0.3 is 6.09 Å². The van der Waals surface area contributed by atoms with Gasteiger partial charge in [-0.2, -0.15) is 0 Å². The largest absolute Gasteiger partial charge is 0.445 e. The highest BCUT2D eigenvalue weighted by Crippen LogP contribution is 2.20. The number of nitrogens with zero attached hydrogens (tertiary/aromatic N) is 1. The molecule has 2 rings (SSSR count). The number of hydrogen-bond acceptors (Lipinski definition) is 6. The smallest absolute Gasteiger partial charge is 0.410 e. The molecule has 4 atom stereocenters. The van der Waals surface area contributed by atoms with E-state index in [1.807, 2.05) is 44.2 Å². The molecule has 10 heteroatoms. The second kappa shape index (κ2) is 13.5. The maximum atomic E-state index is 13.0. The Labute approximate surface area is 200 Å². The Kier molecular flexibility index (Phi) is 10.8. The lowest BCUT2D eigenvalue weighted by molar-refractivity contribution is -0.137. The van der Waals surface area contributed by atoms with Crippen molar-refractivity contribution in [2.24, 2.45) is 5.92 Å². The summed E-state index contributed by atoms with van der Waals surface area (Å²) >= 11 is 0. The van der Waals surface area contributed by atoms with Gasteiger partial charge in [-0.15, -0.1) is 0 Å². The molecule has 1 aromatic carbocycles. The highest BCUT2D eigenvalue weighted by molar-refractivity contribution is 5.93. The van der Waals surface area contributed by atoms with Gasteiger partial charge in [0.2, 0.25) is 11.8 Å². The van der Waals surface area contributed by atoms with Gasteiger partial charge in [-0.25, -0.2) is 10.3 Å². The van der Waals surface area contributed by atoms with Crippen LogP contribution in [0.4, 0.5) is 4.79 Å². The fraction of sp³-hybridized carbons (Fsp3) is 0.583. The van der Waals surface area contributed by atoms with Crippen LogP contribution < -0.4 is 16.1 Å². The summed E-state index contributed by atoms with van der Waals surface area (Å²) < 4.78 is 5.38. The van der Waals surface area contributed by atoms with Gasteiger partial charge in [0.05, 0.1) is 0 Å². The number of rotatable bonds is 11. The number of nitrogens with one attached hydrogen (secondary N) is 3. The first-order chi connectivity index (χ1) is 16.3. The van der Waals surface area contributed by atoms with Gasteiger partial charge in [-0.1, -0.05) is 63.9 Å². The molecule has 10 nitrogen and oxygen atoms in total. The first-order valence-electron chi connectivity index (χ1n) is 11.8. The standard InChI is InChI=1S/C24H36N4O6/c1-4-10-18(21(29)26-20(16(3)5-2)23(31)27-33)25-22(30)19-13-9-14-28(19)24(32)34-15-17-11-7-6-8-12-17/h6-8,11-12,16,18-20,33H,4-5,9-10,13-15H2,1-3H3,(H,25,30)(H,26,29)(H,27,31)/t16-,18-,19-,20-/m0/s1. The van der Waals surface area contributed by atoms with Gasteiger partial charge in [0, 0.05) is 6.54 Å². The van der Waals surface area contributed by atoms with Crippen LogP contribution in [-0.2, 0) is 25.7 Å². The van der Waals surface area contributed by atoms with Crippen molar-refractivity contribution in [2.45, 2.75) is 77.6 Å². The van der Waals surface area contributed by atoms with E-state index < -0.39 is 41.9 Å². The molecule has 1 aliphatic heterocycles. The van der Waals surface area contributed by atoms with Gasteiger partial charge < -0.3 is 15.4 Å². The molecule has 0 unspecified atom stereocenters. The molecule has 1 saturated heterocycles. The zero-order valence-corrected chi connectivity index (χ0v) is 20.1. The molecule has 0 saturated carbocycles. The summed E-state index contributed by atoms with van der Waals surface area (Å²) in [5, 5.41) is 14.4. The minimum Gasteiger partial charge on any atom is -0.445 e. The van der Waals surface area contributed by atoms with E-state index in [1.165, 1.54) is 4.90 Å². The molecule has 4 amide bonds. The lowest BCUT2D eigenvalue weighted by Crippen LogP contribution is -2.57. The predicted molar refractivity (Wildman–Crippen MR) is 125 cm³/mol. The summed E-state index contributed by atoms with van der Waals surface area (Å²) in [5.41, 5.74) is 2.43. The summed E-state index contributed by atoms with van der Waals surface area (Å²) in [5.74, 6) is -1.89. The van der Waals surface area contributed by atoms with Crippen molar-refractivity contribution < 1.29 is 29.1 Å². The maximum Gasteiger partial charge on any atom is 0.410 e. The van der Waals surface area contributed by atoms with Crippen molar-refractivity contribution in [2.75, 3.05) is 6.54 Å². The number of ether oxygens (including phenoxy) is 1. The molecule has 1 fully saturated rings. The molecule has 188 valence electrons. The van der Waals surface area contributed by atoms with Crippen LogP contribution in [0.25, 0.3) is 0 Å². The minimum absolute atomic E-state index is 0.106. The zero-order chi connectivity index (χ0) is 25.1. The van der Waals surface area contributed by atoms with Crippen LogP contribution in [0.3, 0.4) is 0 Å². The third-order valence-electron chi connectivity index (χ3n) is 6.11. The maximum absolute atomic E-state index is 13.0. The van der Waals surface area contributed by atoms with Gasteiger partial charge in [0.15, 0.2) is 0 Å². The Morgan fingerprint density at radius 1 is 1.12 bits per heavy atom. The molecule has 0 bridgehead atoms. The number of amides is 4. The second-order valence-corrected chi connectivity index (χ2v) is 8.59. The lowest BCUT2D eigenvalue weighted by Gasteiger charge is -2.28. The van der Waals surface area contributed by atoms with E-state index in [4.69, 9.17) is 9.94 Å². The number of carbonyl (C=O) groups is 4. The van der Waals surface area contributed by atoms with E-state index in [9.17, 15) is 19.2 Å². The fourth-order valence-electron chi connectivity index (χ4n) is 3.91. The van der Waals surface area contributed by atoms with Crippen molar-refractivity contribution in [3.05, 3.63) is 35.9 Å². The Balaban J connectivity index is 2.01. The quantitative estimate of drug-likeness (QED) is 0.285. The normalized spacial score (nSPS) is 17.9. The number of benzene rings is 1. The molecule has 1 aromatic rings. The zero-order valence-electron chi connectivity index (χ0n) is 20.1. The number of hydroxylamine groups is 1. The minimum atomic E-state index is -0.935. The second-order valence-electron chi connectivity index (χ2n) is 8.59. The molecule has 0 aromatic heterocycles. The molecular formula is C24H36N4O6. The molecule has 0 aliphatic carbocycles. The Morgan fingerprint density at radius 2 is 1.82 bits per heavy atom. The first-order valence-corrected chi connectivity index (χ1v) is 11.8. The highest BCUT2D eigenvalue weighted by Gasteiger charge is 2.37. The molecule has 0 radical (unpaired) electrons. The van der Waals surface area contributed by atoms with E-state index in [0.29, 0.717) is 38.6 Å². The van der Waals surface area contributed by atoms with Crippen LogP contribution >= 0.6 is 0 Å². The molecule has 4 N–H and O–H groups in total. The monoisotopic (exact) mass is 476 g/mol. The van der Waals surface area contributed by atoms with Crippen LogP contribution in [0.2, 0.25) is 0 Å². The lowest BCUT2D eigenvalue weighted by atomic mass is 9.97. The fourth-order valence-corrected chi connectivity index (χ4v) is 3.91. The Bertz CT molecular complexity index is 834. The van der Waals surface area contributed by atoms with E-state index in [1.54, 1.807) is 12.4 Å². The number of hydrogen-bond donors (Lipinski definition) is 4. The van der Waals surface area contributed by atoms with Crippen LogP contribution in [0.1, 0.15) is 58.4 Å². The summed E-state index contributed by atoms with van der Waals surface area (Å²) in [4.78, 5) is 52.0. The van der Waals surface area contributed by atoms with Gasteiger partial charge in [0.25, 0.3) is 5.91 Å². The van der Waals surface area contributed by atoms with E-state index in [-0.39, 0.29) is 12.5 Å². The van der Waals surface area contributed by atoms with Crippen molar-refractivity contribution in [3.8, 4) is 0 Å². The van der Waals surface area contributed by atoms with Crippen LogP contribution in [0.5, 0.6) is 0 Å². The van der Waals surface area contributed by atoms with Crippen molar-refractivity contribution in [1.82, 2.24) is 21.0 Å². The number of carbonyl (C=O) groups excluding carboxylic acids is 4. The van der Waals surface area contributed by atoms with Gasteiger partial charge in [-0.3, -0.25) is 24.5 Å². The first kappa shape index (κ1) is 27.1. The number of likely N-dealkylation sites (tertiary alicyclic amines) is 1. The van der Waals surface area contributed by atoms with Crippen molar-refractivity contribution in [3.63, 3.8) is 0 Å². The predicted octanol–water partition coefficient (Wildman–Crippen LogP) is 2.11. The average molecular weight is 477 g/mol. The van der Waals surface area contributed by atoms with E-state index >= 15 is 0 Å². The molecule has 34 heavy (non-hydrogen) atoms.